The number of carbonyl (C=O) groups is 2. The SMILES string of the molecule is CCC(C)NC(=O)CCNC(=NC)N1CC(C)C(C(=O)OC)C1.I. The van der Waals surface area contributed by atoms with Gasteiger partial charge < -0.3 is 20.3 Å². The Bertz CT molecular complexity index is 445. The molecule has 1 heterocycles. The van der Waals surface area contributed by atoms with Crippen LogP contribution in [-0.4, -0.2) is 62.6 Å². The van der Waals surface area contributed by atoms with Crippen molar-refractivity contribution in [3.05, 3.63) is 0 Å². The number of guanidine groups is 1. The van der Waals surface area contributed by atoms with E-state index < -0.39 is 0 Å². The van der Waals surface area contributed by atoms with Crippen molar-refractivity contribution < 1.29 is 14.3 Å². The average molecular weight is 454 g/mol. The number of ether oxygens (including phenoxy) is 1. The maximum Gasteiger partial charge on any atom is 0.310 e. The minimum absolute atomic E-state index is 0. The molecule has 0 aromatic rings. The fourth-order valence-electron chi connectivity index (χ4n) is 2.67. The number of carbonyl (C=O) groups excluding carboxylic acids is 2. The highest BCUT2D eigenvalue weighted by Gasteiger charge is 2.36. The molecule has 3 unspecified atom stereocenters. The third-order valence-electron chi connectivity index (χ3n) is 4.28. The van der Waals surface area contributed by atoms with Crippen LogP contribution < -0.4 is 10.6 Å². The van der Waals surface area contributed by atoms with Gasteiger partial charge in [-0.15, -0.1) is 24.0 Å². The van der Waals surface area contributed by atoms with Gasteiger partial charge in [0.15, 0.2) is 5.96 Å². The largest absolute Gasteiger partial charge is 0.469 e. The first-order valence-corrected chi connectivity index (χ1v) is 8.25. The van der Waals surface area contributed by atoms with Crippen LogP contribution in [-0.2, 0) is 14.3 Å². The van der Waals surface area contributed by atoms with Gasteiger partial charge in [0.25, 0.3) is 0 Å². The van der Waals surface area contributed by atoms with Crippen LogP contribution in [0.5, 0.6) is 0 Å². The Balaban J connectivity index is 0.00000529. The number of rotatable bonds is 6. The third-order valence-corrected chi connectivity index (χ3v) is 4.28. The number of halogens is 1. The summed E-state index contributed by atoms with van der Waals surface area (Å²) >= 11 is 0. The number of hydrogen-bond donors (Lipinski definition) is 2. The van der Waals surface area contributed by atoms with E-state index in [9.17, 15) is 9.59 Å². The molecule has 0 saturated carbocycles. The molecule has 1 saturated heterocycles. The Hall–Kier alpha value is -1.06. The maximum atomic E-state index is 11.8. The molecule has 2 N–H and O–H groups in total. The van der Waals surface area contributed by atoms with Gasteiger partial charge in [0.2, 0.25) is 5.91 Å². The van der Waals surface area contributed by atoms with Crippen LogP contribution in [0, 0.1) is 11.8 Å². The first kappa shape index (κ1) is 22.9. The average Bonchev–Trinajstić information content (AvgIpc) is 2.92. The van der Waals surface area contributed by atoms with Crippen LogP contribution >= 0.6 is 24.0 Å². The predicted molar refractivity (Wildman–Crippen MR) is 106 cm³/mol. The smallest absolute Gasteiger partial charge is 0.310 e. The molecule has 0 spiro atoms. The van der Waals surface area contributed by atoms with Crippen LogP contribution in [0.1, 0.15) is 33.6 Å². The van der Waals surface area contributed by atoms with Gasteiger partial charge in [-0.1, -0.05) is 13.8 Å². The zero-order chi connectivity index (χ0) is 17.4. The van der Waals surface area contributed by atoms with Gasteiger partial charge in [-0.05, 0) is 19.3 Å². The summed E-state index contributed by atoms with van der Waals surface area (Å²) in [5.74, 6) is 0.662. The molecule has 1 amide bonds. The molecule has 0 aliphatic carbocycles. The van der Waals surface area contributed by atoms with E-state index in [1.807, 2.05) is 25.7 Å². The van der Waals surface area contributed by atoms with Gasteiger partial charge in [-0.2, -0.15) is 0 Å². The monoisotopic (exact) mass is 454 g/mol. The van der Waals surface area contributed by atoms with E-state index in [0.717, 1.165) is 18.9 Å². The standard InChI is InChI=1S/C16H30N4O3.HI/c1-6-12(3)19-14(21)7-8-18-16(17-4)20-9-11(2)13(10-20)15(22)23-5;/h11-13H,6-10H2,1-5H3,(H,17,18)(H,19,21);1H. The van der Waals surface area contributed by atoms with E-state index in [4.69, 9.17) is 4.74 Å². The third kappa shape index (κ3) is 6.82. The number of methoxy groups -OCH3 is 1. The zero-order valence-corrected chi connectivity index (χ0v) is 17.6. The topological polar surface area (TPSA) is 83.0 Å². The Morgan fingerprint density at radius 2 is 2.04 bits per heavy atom. The lowest BCUT2D eigenvalue weighted by Crippen LogP contribution is -2.42. The molecule has 3 atom stereocenters. The lowest BCUT2D eigenvalue weighted by atomic mass is 9.99. The van der Waals surface area contributed by atoms with Crippen LogP contribution in [0.2, 0.25) is 0 Å². The summed E-state index contributed by atoms with van der Waals surface area (Å²) in [6.45, 7) is 7.92. The first-order chi connectivity index (χ1) is 10.9. The predicted octanol–water partition coefficient (Wildman–Crippen LogP) is 1.23. The Labute approximate surface area is 162 Å². The van der Waals surface area contributed by atoms with Gasteiger partial charge in [0, 0.05) is 39.1 Å². The first-order valence-electron chi connectivity index (χ1n) is 8.25. The van der Waals surface area contributed by atoms with Crippen molar-refractivity contribution in [1.29, 1.82) is 0 Å². The molecule has 0 aromatic heterocycles. The van der Waals surface area contributed by atoms with E-state index in [1.54, 1.807) is 7.05 Å². The molecule has 0 aromatic carbocycles. The van der Waals surface area contributed by atoms with Crippen molar-refractivity contribution in [3.8, 4) is 0 Å². The number of hydrogen-bond acceptors (Lipinski definition) is 4. The fourth-order valence-corrected chi connectivity index (χ4v) is 2.67. The molecule has 8 heteroatoms. The zero-order valence-electron chi connectivity index (χ0n) is 15.3. The summed E-state index contributed by atoms with van der Waals surface area (Å²) < 4.78 is 4.85. The van der Waals surface area contributed by atoms with E-state index in [-0.39, 0.29) is 53.7 Å². The molecular formula is C16H31IN4O3. The van der Waals surface area contributed by atoms with Crippen molar-refractivity contribution in [2.24, 2.45) is 16.8 Å². The molecule has 1 aliphatic rings. The van der Waals surface area contributed by atoms with Crippen molar-refractivity contribution in [3.63, 3.8) is 0 Å². The van der Waals surface area contributed by atoms with Crippen molar-refractivity contribution in [1.82, 2.24) is 15.5 Å². The summed E-state index contributed by atoms with van der Waals surface area (Å²) in [6, 6.07) is 0.196. The molecular weight excluding hydrogens is 423 g/mol. The number of aliphatic imine (C=N–C) groups is 1. The highest BCUT2D eigenvalue weighted by molar-refractivity contribution is 14.0. The second kappa shape index (κ2) is 11.5. The Morgan fingerprint density at radius 3 is 2.58 bits per heavy atom. The quantitative estimate of drug-likeness (QED) is 0.273. The Morgan fingerprint density at radius 1 is 1.38 bits per heavy atom. The summed E-state index contributed by atoms with van der Waals surface area (Å²) in [5, 5.41) is 6.13. The van der Waals surface area contributed by atoms with Crippen LogP contribution in [0.15, 0.2) is 4.99 Å². The van der Waals surface area contributed by atoms with E-state index in [1.165, 1.54) is 7.11 Å². The van der Waals surface area contributed by atoms with E-state index >= 15 is 0 Å². The highest BCUT2D eigenvalue weighted by atomic mass is 127. The van der Waals surface area contributed by atoms with Gasteiger partial charge in [-0.3, -0.25) is 14.6 Å². The maximum absolute atomic E-state index is 11.8. The van der Waals surface area contributed by atoms with E-state index in [2.05, 4.69) is 15.6 Å². The van der Waals surface area contributed by atoms with Gasteiger partial charge >= 0.3 is 5.97 Å². The van der Waals surface area contributed by atoms with Crippen LogP contribution in [0.4, 0.5) is 0 Å². The number of nitrogens with zero attached hydrogens (tertiary/aromatic N) is 2. The molecule has 0 radical (unpaired) electrons. The highest BCUT2D eigenvalue weighted by Crippen LogP contribution is 2.23. The van der Waals surface area contributed by atoms with Gasteiger partial charge in [0.1, 0.15) is 0 Å². The second-order valence-electron chi connectivity index (χ2n) is 6.11. The molecule has 140 valence electrons. The van der Waals surface area contributed by atoms with Crippen molar-refractivity contribution in [2.75, 3.05) is 33.8 Å². The molecule has 1 fully saturated rings. The summed E-state index contributed by atoms with van der Waals surface area (Å²) in [6.07, 6.45) is 1.31. The summed E-state index contributed by atoms with van der Waals surface area (Å²) in [4.78, 5) is 29.8. The van der Waals surface area contributed by atoms with Gasteiger partial charge in [0.05, 0.1) is 13.0 Å². The number of likely N-dealkylation sites (tertiary alicyclic amines) is 1. The normalized spacial score (nSPS) is 21.7. The molecule has 1 aliphatic heterocycles. The molecule has 7 nitrogen and oxygen atoms in total. The van der Waals surface area contributed by atoms with Crippen molar-refractivity contribution in [2.45, 2.75) is 39.7 Å². The van der Waals surface area contributed by atoms with Crippen molar-refractivity contribution >= 4 is 41.8 Å². The summed E-state index contributed by atoms with van der Waals surface area (Å²) in [5.41, 5.74) is 0. The molecule has 1 rings (SSSR count). The lowest BCUT2D eigenvalue weighted by Gasteiger charge is -2.21. The molecule has 0 bridgehead atoms. The van der Waals surface area contributed by atoms with Crippen LogP contribution in [0.3, 0.4) is 0 Å². The molecule has 24 heavy (non-hydrogen) atoms. The lowest BCUT2D eigenvalue weighted by molar-refractivity contribution is -0.146. The van der Waals surface area contributed by atoms with Crippen LogP contribution in [0.25, 0.3) is 0 Å². The Kier molecular flexibility index (Phi) is 11.0. The number of nitrogens with one attached hydrogen (secondary N) is 2. The van der Waals surface area contributed by atoms with Gasteiger partial charge in [-0.25, -0.2) is 0 Å². The second-order valence-corrected chi connectivity index (χ2v) is 6.11. The fraction of sp³-hybridized carbons (Fsp3) is 0.812. The van der Waals surface area contributed by atoms with E-state index in [0.29, 0.717) is 19.5 Å². The minimum Gasteiger partial charge on any atom is -0.469 e. The number of amides is 1. The minimum atomic E-state index is -0.177. The number of esters is 1. The summed E-state index contributed by atoms with van der Waals surface area (Å²) in [7, 11) is 3.12.